The third kappa shape index (κ3) is 3.81. The number of benzene rings is 2. The predicted molar refractivity (Wildman–Crippen MR) is 106 cm³/mol. The largest absolute Gasteiger partial charge is 0.407 e. The van der Waals surface area contributed by atoms with E-state index in [-0.39, 0.29) is 6.10 Å². The van der Waals surface area contributed by atoms with Crippen LogP contribution in [0.3, 0.4) is 0 Å². The van der Waals surface area contributed by atoms with Gasteiger partial charge in [-0.25, -0.2) is 0 Å². The van der Waals surface area contributed by atoms with Gasteiger partial charge in [0.2, 0.25) is 0 Å². The number of hydrogen-bond acceptors (Lipinski definition) is 3. The summed E-state index contributed by atoms with van der Waals surface area (Å²) in [6, 6.07) is 22.8. The molecule has 1 aliphatic heterocycles. The van der Waals surface area contributed by atoms with E-state index >= 15 is 0 Å². The monoisotopic (exact) mass is 363 g/mol. The quantitative estimate of drug-likeness (QED) is 0.616. The van der Waals surface area contributed by atoms with E-state index < -0.39 is 8.56 Å². The highest BCUT2D eigenvalue weighted by molar-refractivity contribution is 6.92. The van der Waals surface area contributed by atoms with Crippen LogP contribution >= 0.6 is 0 Å². The third-order valence-corrected chi connectivity index (χ3v) is 8.30. The molecule has 4 heteroatoms. The van der Waals surface area contributed by atoms with Gasteiger partial charge in [0.05, 0.1) is 18.6 Å². The molecule has 134 valence electrons. The molecule has 0 fully saturated rings. The van der Waals surface area contributed by atoms with Crippen LogP contribution in [0.15, 0.2) is 72.3 Å². The topological polar surface area (TPSA) is 42.2 Å². The van der Waals surface area contributed by atoms with Gasteiger partial charge < -0.3 is 8.85 Å². The first kappa shape index (κ1) is 18.6. The summed E-state index contributed by atoms with van der Waals surface area (Å²) >= 11 is 0. The molecular formula is C22H25NO2Si. The smallest absolute Gasteiger partial charge is 0.387 e. The second kappa shape index (κ2) is 8.46. The summed E-state index contributed by atoms with van der Waals surface area (Å²) in [6.45, 7) is 4.88. The highest BCUT2D eigenvalue weighted by Gasteiger charge is 2.46. The van der Waals surface area contributed by atoms with Gasteiger partial charge in [-0.3, -0.25) is 0 Å². The van der Waals surface area contributed by atoms with Crippen LogP contribution < -0.4 is 10.4 Å². The SMILES string of the molecule is CC[C@@H]1/C=C(/C)[C@H](CC#N)O[Si](c2ccccc2)(c2ccccc2)OC1. The van der Waals surface area contributed by atoms with Crippen molar-refractivity contribution in [3.8, 4) is 6.07 Å². The first-order valence-corrected chi connectivity index (χ1v) is 11.0. The molecule has 26 heavy (non-hydrogen) atoms. The minimum atomic E-state index is -2.91. The van der Waals surface area contributed by atoms with Crippen molar-refractivity contribution >= 4 is 18.9 Å². The molecule has 0 amide bonds. The zero-order chi connectivity index (χ0) is 18.4. The highest BCUT2D eigenvalue weighted by atomic mass is 28.4. The Morgan fingerprint density at radius 2 is 1.62 bits per heavy atom. The van der Waals surface area contributed by atoms with Crippen LogP contribution in [0.25, 0.3) is 0 Å². The second-order valence-electron chi connectivity index (χ2n) is 6.71. The van der Waals surface area contributed by atoms with Crippen molar-refractivity contribution in [1.29, 1.82) is 5.26 Å². The lowest BCUT2D eigenvalue weighted by molar-refractivity contribution is 0.132. The van der Waals surface area contributed by atoms with Gasteiger partial charge in [-0.05, 0) is 35.2 Å². The van der Waals surface area contributed by atoms with E-state index in [1.807, 2.05) is 36.4 Å². The lowest BCUT2D eigenvalue weighted by Gasteiger charge is -2.37. The maximum atomic E-state index is 9.35. The number of nitrogens with zero attached hydrogens (tertiary/aromatic N) is 1. The normalized spacial score (nSPS) is 24.6. The Hall–Kier alpha value is -2.19. The van der Waals surface area contributed by atoms with Crippen molar-refractivity contribution in [2.45, 2.75) is 32.8 Å². The van der Waals surface area contributed by atoms with Crippen molar-refractivity contribution in [1.82, 2.24) is 0 Å². The summed E-state index contributed by atoms with van der Waals surface area (Å²) in [6.07, 6.45) is 3.30. The molecule has 0 aromatic heterocycles. The molecule has 0 bridgehead atoms. The number of rotatable bonds is 4. The van der Waals surface area contributed by atoms with Crippen LogP contribution in [0.4, 0.5) is 0 Å². The molecule has 0 saturated carbocycles. The van der Waals surface area contributed by atoms with Gasteiger partial charge in [0.1, 0.15) is 0 Å². The predicted octanol–water partition coefficient (Wildman–Crippen LogP) is 3.54. The first-order chi connectivity index (χ1) is 12.7. The van der Waals surface area contributed by atoms with Crippen molar-refractivity contribution in [2.75, 3.05) is 6.61 Å². The molecule has 1 heterocycles. The first-order valence-electron chi connectivity index (χ1n) is 9.17. The maximum Gasteiger partial charge on any atom is 0.407 e. The summed E-state index contributed by atoms with van der Waals surface area (Å²) in [5.74, 6) is 0.333. The van der Waals surface area contributed by atoms with Gasteiger partial charge in [-0.15, -0.1) is 0 Å². The van der Waals surface area contributed by atoms with E-state index in [4.69, 9.17) is 8.85 Å². The molecule has 0 N–H and O–H groups in total. The van der Waals surface area contributed by atoms with Crippen LogP contribution in [0.5, 0.6) is 0 Å². The molecule has 3 rings (SSSR count). The van der Waals surface area contributed by atoms with Crippen LogP contribution in [-0.4, -0.2) is 21.3 Å². The summed E-state index contributed by atoms with van der Waals surface area (Å²) in [5.41, 5.74) is 1.13. The standard InChI is InChI=1S/C22H25NO2Si/c1-3-19-16-18(2)22(14-15-23)25-26(24-17-19,20-10-6-4-7-11-20)21-12-8-5-9-13-21/h4-13,16,19,22H,3,14,17H2,1-2H3/b18-16-/t19-,22+/m1/s1. The summed E-state index contributed by atoms with van der Waals surface area (Å²) < 4.78 is 13.4. The fourth-order valence-corrected chi connectivity index (χ4v) is 6.77. The molecule has 0 unspecified atom stereocenters. The maximum absolute atomic E-state index is 9.35. The zero-order valence-electron chi connectivity index (χ0n) is 15.4. The summed E-state index contributed by atoms with van der Waals surface area (Å²) in [4.78, 5) is 0. The van der Waals surface area contributed by atoms with Gasteiger partial charge in [-0.1, -0.05) is 73.7 Å². The van der Waals surface area contributed by atoms with E-state index in [0.717, 1.165) is 22.4 Å². The van der Waals surface area contributed by atoms with E-state index in [9.17, 15) is 5.26 Å². The Morgan fingerprint density at radius 1 is 1.04 bits per heavy atom. The Kier molecular flexibility index (Phi) is 6.05. The molecule has 3 nitrogen and oxygen atoms in total. The lowest BCUT2D eigenvalue weighted by Crippen LogP contribution is -2.65. The van der Waals surface area contributed by atoms with Crippen LogP contribution in [0, 0.1) is 17.2 Å². The minimum Gasteiger partial charge on any atom is -0.387 e. The Bertz CT molecular complexity index is 743. The van der Waals surface area contributed by atoms with Crippen molar-refractivity contribution in [2.24, 2.45) is 5.92 Å². The third-order valence-electron chi connectivity index (χ3n) is 4.92. The minimum absolute atomic E-state index is 0.249. The van der Waals surface area contributed by atoms with Gasteiger partial charge in [0.15, 0.2) is 0 Å². The lowest BCUT2D eigenvalue weighted by atomic mass is 10.0. The molecule has 2 atom stereocenters. The molecule has 1 aliphatic rings. The van der Waals surface area contributed by atoms with Crippen LogP contribution in [0.2, 0.25) is 0 Å². The molecule has 0 spiro atoms. The average molecular weight is 364 g/mol. The van der Waals surface area contributed by atoms with Gasteiger partial charge in [-0.2, -0.15) is 5.26 Å². The Balaban J connectivity index is 2.16. The van der Waals surface area contributed by atoms with E-state index in [1.54, 1.807) is 0 Å². The summed E-state index contributed by atoms with van der Waals surface area (Å²) in [5, 5.41) is 11.5. The average Bonchev–Trinajstić information content (AvgIpc) is 2.69. The van der Waals surface area contributed by atoms with Gasteiger partial charge in [0, 0.05) is 6.61 Å². The summed E-state index contributed by atoms with van der Waals surface area (Å²) in [7, 11) is -2.91. The van der Waals surface area contributed by atoms with Crippen LogP contribution in [-0.2, 0) is 8.85 Å². The molecule has 2 aromatic rings. The molecule has 2 aromatic carbocycles. The Labute approximate surface area is 157 Å². The second-order valence-corrected chi connectivity index (χ2v) is 9.62. The van der Waals surface area contributed by atoms with Crippen LogP contribution in [0.1, 0.15) is 26.7 Å². The van der Waals surface area contributed by atoms with Crippen molar-refractivity contribution in [3.63, 3.8) is 0 Å². The fraction of sp³-hybridized carbons (Fsp3) is 0.318. The molecule has 0 aliphatic carbocycles. The molecule has 0 saturated heterocycles. The fourth-order valence-electron chi connectivity index (χ4n) is 3.38. The van der Waals surface area contributed by atoms with Gasteiger partial charge >= 0.3 is 8.56 Å². The highest BCUT2D eigenvalue weighted by Crippen LogP contribution is 2.25. The number of hydrogen-bond donors (Lipinski definition) is 0. The van der Waals surface area contributed by atoms with E-state index in [2.05, 4.69) is 50.3 Å². The zero-order valence-corrected chi connectivity index (χ0v) is 16.4. The van der Waals surface area contributed by atoms with Crippen molar-refractivity contribution in [3.05, 3.63) is 72.3 Å². The van der Waals surface area contributed by atoms with E-state index in [0.29, 0.717) is 18.9 Å². The number of nitriles is 1. The molecular weight excluding hydrogens is 338 g/mol. The van der Waals surface area contributed by atoms with E-state index in [1.165, 1.54) is 0 Å². The molecule has 0 radical (unpaired) electrons. The Morgan fingerprint density at radius 3 is 2.12 bits per heavy atom. The van der Waals surface area contributed by atoms with Gasteiger partial charge in [0.25, 0.3) is 0 Å². The van der Waals surface area contributed by atoms with Crippen molar-refractivity contribution < 1.29 is 8.85 Å².